The smallest absolute Gasteiger partial charge is 0.255 e. The molecule has 5 heteroatoms. The van der Waals surface area contributed by atoms with Crippen molar-refractivity contribution in [1.82, 2.24) is 14.8 Å². The lowest BCUT2D eigenvalue weighted by Crippen LogP contribution is -2.46. The second-order valence-corrected chi connectivity index (χ2v) is 7.66. The maximum Gasteiger partial charge on any atom is 0.255 e. The minimum absolute atomic E-state index is 0.0442. The van der Waals surface area contributed by atoms with E-state index in [1.54, 1.807) is 0 Å². The van der Waals surface area contributed by atoms with Crippen molar-refractivity contribution in [2.24, 2.45) is 11.8 Å². The minimum atomic E-state index is 0.0442. The van der Waals surface area contributed by atoms with Crippen molar-refractivity contribution < 1.29 is 9.59 Å². The monoisotopic (exact) mass is 343 g/mol. The van der Waals surface area contributed by atoms with E-state index in [-0.39, 0.29) is 11.8 Å². The summed E-state index contributed by atoms with van der Waals surface area (Å²) in [7, 11) is 0. The second kappa shape index (κ2) is 7.54. The first-order valence-corrected chi connectivity index (χ1v) is 9.48. The van der Waals surface area contributed by atoms with E-state index in [1.807, 2.05) is 35.8 Å². The van der Waals surface area contributed by atoms with Gasteiger partial charge in [-0.1, -0.05) is 6.92 Å². The number of rotatable bonds is 2. The van der Waals surface area contributed by atoms with Crippen molar-refractivity contribution in [3.63, 3.8) is 0 Å². The molecule has 0 unspecified atom stereocenters. The third-order valence-electron chi connectivity index (χ3n) is 5.68. The third-order valence-corrected chi connectivity index (χ3v) is 5.68. The fourth-order valence-corrected chi connectivity index (χ4v) is 3.90. The molecular formula is C20H29N3O2. The summed E-state index contributed by atoms with van der Waals surface area (Å²) in [6, 6.07) is 3.75. The first-order valence-electron chi connectivity index (χ1n) is 9.48. The van der Waals surface area contributed by atoms with Crippen LogP contribution in [0.2, 0.25) is 0 Å². The molecule has 0 N–H and O–H groups in total. The van der Waals surface area contributed by atoms with Crippen LogP contribution in [-0.2, 0) is 4.79 Å². The fourth-order valence-electron chi connectivity index (χ4n) is 3.90. The largest absolute Gasteiger partial charge is 0.342 e. The molecule has 0 spiro atoms. The van der Waals surface area contributed by atoms with Crippen LogP contribution in [0.25, 0.3) is 0 Å². The predicted molar refractivity (Wildman–Crippen MR) is 97.3 cm³/mol. The van der Waals surface area contributed by atoms with Crippen LogP contribution >= 0.6 is 0 Å². The molecule has 1 aromatic heterocycles. The number of amides is 2. The molecule has 2 aliphatic heterocycles. The molecule has 0 aromatic carbocycles. The molecule has 0 bridgehead atoms. The first-order chi connectivity index (χ1) is 12.0. The van der Waals surface area contributed by atoms with E-state index < -0.39 is 0 Å². The molecule has 1 aromatic rings. The average molecular weight is 343 g/mol. The van der Waals surface area contributed by atoms with Gasteiger partial charge in [0.2, 0.25) is 5.91 Å². The van der Waals surface area contributed by atoms with Gasteiger partial charge in [0.25, 0.3) is 5.91 Å². The van der Waals surface area contributed by atoms with E-state index in [2.05, 4.69) is 11.9 Å². The SMILES string of the molecule is Cc1ccc(C(=O)N2CCC(C(=O)N3CCC(C)CC3)CC2)c(C)n1. The topological polar surface area (TPSA) is 53.5 Å². The average Bonchev–Trinajstić information content (AvgIpc) is 2.61. The first kappa shape index (κ1) is 17.9. The Hall–Kier alpha value is -1.91. The molecule has 0 aliphatic carbocycles. The maximum atomic E-state index is 12.7. The Morgan fingerprint density at radius 2 is 1.56 bits per heavy atom. The molecule has 2 fully saturated rings. The van der Waals surface area contributed by atoms with Gasteiger partial charge in [-0.3, -0.25) is 14.6 Å². The number of piperidine rings is 2. The molecule has 2 amide bonds. The third kappa shape index (κ3) is 4.02. The summed E-state index contributed by atoms with van der Waals surface area (Å²) in [6.45, 7) is 9.18. The van der Waals surface area contributed by atoms with Crippen LogP contribution < -0.4 is 0 Å². The van der Waals surface area contributed by atoms with Gasteiger partial charge in [-0.25, -0.2) is 0 Å². The second-order valence-electron chi connectivity index (χ2n) is 7.66. The van der Waals surface area contributed by atoms with Gasteiger partial charge in [0, 0.05) is 37.8 Å². The Balaban J connectivity index is 1.56. The quantitative estimate of drug-likeness (QED) is 0.830. The summed E-state index contributed by atoms with van der Waals surface area (Å²) in [5, 5.41) is 0. The van der Waals surface area contributed by atoms with Crippen LogP contribution in [0.5, 0.6) is 0 Å². The summed E-state index contributed by atoms with van der Waals surface area (Å²) in [5.74, 6) is 1.15. The lowest BCUT2D eigenvalue weighted by atomic mass is 9.92. The van der Waals surface area contributed by atoms with Crippen LogP contribution in [0.3, 0.4) is 0 Å². The van der Waals surface area contributed by atoms with Gasteiger partial charge in [0.05, 0.1) is 11.3 Å². The number of pyridine rings is 1. The standard InChI is InChI=1S/C20H29N3O2/c1-14-6-10-22(11-7-14)19(24)17-8-12-23(13-9-17)20(25)18-5-4-15(2)21-16(18)3/h4-5,14,17H,6-13H2,1-3H3. The Morgan fingerprint density at radius 1 is 0.960 bits per heavy atom. The zero-order valence-corrected chi connectivity index (χ0v) is 15.6. The van der Waals surface area contributed by atoms with Crippen LogP contribution in [0, 0.1) is 25.7 Å². The summed E-state index contributed by atoms with van der Waals surface area (Å²) in [5.41, 5.74) is 2.39. The Bertz CT molecular complexity index is 642. The van der Waals surface area contributed by atoms with Gasteiger partial charge in [0.15, 0.2) is 0 Å². The highest BCUT2D eigenvalue weighted by molar-refractivity contribution is 5.95. The number of aryl methyl sites for hydroxylation is 2. The molecule has 5 nitrogen and oxygen atoms in total. The number of carbonyl (C=O) groups is 2. The molecule has 0 radical (unpaired) electrons. The number of hydrogen-bond acceptors (Lipinski definition) is 3. The van der Waals surface area contributed by atoms with Crippen molar-refractivity contribution in [3.8, 4) is 0 Å². The van der Waals surface area contributed by atoms with Crippen molar-refractivity contribution in [1.29, 1.82) is 0 Å². The van der Waals surface area contributed by atoms with Gasteiger partial charge >= 0.3 is 0 Å². The van der Waals surface area contributed by atoms with Crippen LogP contribution in [0.1, 0.15) is 54.4 Å². The highest BCUT2D eigenvalue weighted by Crippen LogP contribution is 2.24. The lowest BCUT2D eigenvalue weighted by Gasteiger charge is -2.36. The molecule has 3 heterocycles. The summed E-state index contributed by atoms with van der Waals surface area (Å²) in [6.07, 6.45) is 3.77. The van der Waals surface area contributed by atoms with E-state index in [1.165, 1.54) is 0 Å². The zero-order chi connectivity index (χ0) is 18.0. The van der Waals surface area contributed by atoms with E-state index in [0.29, 0.717) is 24.6 Å². The van der Waals surface area contributed by atoms with Gasteiger partial charge < -0.3 is 9.80 Å². The van der Waals surface area contributed by atoms with Gasteiger partial charge in [0.1, 0.15) is 0 Å². The van der Waals surface area contributed by atoms with E-state index in [4.69, 9.17) is 0 Å². The van der Waals surface area contributed by atoms with Crippen LogP contribution in [0.15, 0.2) is 12.1 Å². The van der Waals surface area contributed by atoms with E-state index in [9.17, 15) is 9.59 Å². The van der Waals surface area contributed by atoms with Crippen molar-refractivity contribution >= 4 is 11.8 Å². The van der Waals surface area contributed by atoms with Crippen molar-refractivity contribution in [3.05, 3.63) is 29.1 Å². The fraction of sp³-hybridized carbons (Fsp3) is 0.650. The molecule has 25 heavy (non-hydrogen) atoms. The number of nitrogens with zero attached hydrogens (tertiary/aromatic N) is 3. The molecule has 2 aliphatic rings. The van der Waals surface area contributed by atoms with Crippen LogP contribution in [0.4, 0.5) is 0 Å². The normalized spacial score (nSPS) is 20.0. The molecule has 3 rings (SSSR count). The van der Waals surface area contributed by atoms with Crippen molar-refractivity contribution in [2.45, 2.75) is 46.5 Å². The van der Waals surface area contributed by atoms with Gasteiger partial charge in [-0.2, -0.15) is 0 Å². The number of aromatic nitrogens is 1. The summed E-state index contributed by atoms with van der Waals surface area (Å²) >= 11 is 0. The highest BCUT2D eigenvalue weighted by Gasteiger charge is 2.32. The van der Waals surface area contributed by atoms with E-state index >= 15 is 0 Å². The Kier molecular flexibility index (Phi) is 5.40. The Labute approximate surface area is 150 Å². The predicted octanol–water partition coefficient (Wildman–Crippen LogP) is 2.81. The molecule has 0 atom stereocenters. The lowest BCUT2D eigenvalue weighted by molar-refractivity contribution is -0.138. The van der Waals surface area contributed by atoms with Gasteiger partial charge in [-0.15, -0.1) is 0 Å². The number of likely N-dealkylation sites (tertiary alicyclic amines) is 2. The van der Waals surface area contributed by atoms with Crippen LogP contribution in [-0.4, -0.2) is 52.8 Å². The Morgan fingerprint density at radius 3 is 2.16 bits per heavy atom. The highest BCUT2D eigenvalue weighted by atomic mass is 16.2. The number of carbonyl (C=O) groups excluding carboxylic acids is 2. The van der Waals surface area contributed by atoms with E-state index in [0.717, 1.165) is 56.1 Å². The number of hydrogen-bond donors (Lipinski definition) is 0. The molecule has 0 saturated carbocycles. The zero-order valence-electron chi connectivity index (χ0n) is 15.6. The van der Waals surface area contributed by atoms with Gasteiger partial charge in [-0.05, 0) is 57.6 Å². The molecule has 136 valence electrons. The van der Waals surface area contributed by atoms with Crippen molar-refractivity contribution in [2.75, 3.05) is 26.2 Å². The molecular weight excluding hydrogens is 314 g/mol. The summed E-state index contributed by atoms with van der Waals surface area (Å²) < 4.78 is 0. The minimum Gasteiger partial charge on any atom is -0.342 e. The molecule has 2 saturated heterocycles. The maximum absolute atomic E-state index is 12.7. The summed E-state index contributed by atoms with van der Waals surface area (Å²) in [4.78, 5) is 33.8.